The van der Waals surface area contributed by atoms with Gasteiger partial charge in [0.25, 0.3) is 5.95 Å². The van der Waals surface area contributed by atoms with Gasteiger partial charge in [-0.25, -0.2) is 4.99 Å². The van der Waals surface area contributed by atoms with Gasteiger partial charge in [0.15, 0.2) is 5.76 Å². The van der Waals surface area contributed by atoms with Crippen molar-refractivity contribution in [3.63, 3.8) is 0 Å². The van der Waals surface area contributed by atoms with Crippen LogP contribution in [0, 0.1) is 6.92 Å². The Morgan fingerprint density at radius 1 is 1.42 bits per heavy atom. The van der Waals surface area contributed by atoms with E-state index in [9.17, 15) is 4.39 Å². The predicted molar refractivity (Wildman–Crippen MR) is 77.5 cm³/mol. The minimum absolute atomic E-state index is 0.0134. The molecule has 0 amide bonds. The third-order valence-corrected chi connectivity index (χ3v) is 2.29. The van der Waals surface area contributed by atoms with Gasteiger partial charge in [-0.05, 0) is 50.4 Å². The first kappa shape index (κ1) is 14.6. The summed E-state index contributed by atoms with van der Waals surface area (Å²) < 4.78 is 18.8. The van der Waals surface area contributed by atoms with Crippen molar-refractivity contribution in [2.45, 2.75) is 13.8 Å². The Balaban J connectivity index is 3.01. The first-order valence-electron chi connectivity index (χ1n) is 5.61. The number of nitrogens with zero attached hydrogens (tertiary/aromatic N) is 2. The van der Waals surface area contributed by atoms with Crippen LogP contribution < -0.4 is 10.2 Å². The summed E-state index contributed by atoms with van der Waals surface area (Å²) in [6.07, 6.45) is 3.14. The molecule has 1 aromatic carbocycles. The van der Waals surface area contributed by atoms with Gasteiger partial charge in [-0.2, -0.15) is 9.49 Å². The molecule has 0 atom stereocenters. The molecule has 0 unspecified atom stereocenters. The van der Waals surface area contributed by atoms with Crippen molar-refractivity contribution in [2.75, 3.05) is 5.43 Å². The molecular weight excluding hydrogens is 245 g/mol. The summed E-state index contributed by atoms with van der Waals surface area (Å²) in [4.78, 5) is 3.22. The molecule has 1 rings (SSSR count). The topological polar surface area (TPSA) is 46.0 Å². The maximum atomic E-state index is 13.4. The zero-order valence-electron chi connectivity index (χ0n) is 11.0. The van der Waals surface area contributed by atoms with Crippen LogP contribution in [0.25, 0.3) is 0 Å². The predicted octanol–water partition coefficient (Wildman–Crippen LogP) is 3.82. The number of nitrogens with one attached hydrogen (secondary N) is 1. The molecule has 0 saturated carbocycles. The van der Waals surface area contributed by atoms with Gasteiger partial charge in [0, 0.05) is 6.72 Å². The number of aryl methyl sites for hydroxylation is 1. The molecule has 1 aromatic rings. The zero-order valence-corrected chi connectivity index (χ0v) is 11.0. The molecular formula is C14H16FN3O. The smallest absolute Gasteiger partial charge is 0.255 e. The molecule has 5 heteroatoms. The van der Waals surface area contributed by atoms with Gasteiger partial charge in [0.1, 0.15) is 5.75 Å². The van der Waals surface area contributed by atoms with Crippen molar-refractivity contribution in [3.8, 4) is 5.75 Å². The van der Waals surface area contributed by atoms with Crippen molar-refractivity contribution >= 4 is 19.1 Å². The van der Waals surface area contributed by atoms with Crippen LogP contribution in [-0.4, -0.2) is 13.4 Å². The number of aliphatic imine (C=N–C) groups is 1. The number of anilines is 1. The summed E-state index contributed by atoms with van der Waals surface area (Å²) in [5.74, 6) is -0.246. The van der Waals surface area contributed by atoms with Gasteiger partial charge in [-0.1, -0.05) is 6.08 Å². The van der Waals surface area contributed by atoms with E-state index in [4.69, 9.17) is 4.74 Å². The molecule has 0 bridgehead atoms. The Hall–Kier alpha value is -2.43. The number of allylic oxidation sites excluding steroid dienone is 2. The first-order chi connectivity index (χ1) is 9.12. The minimum atomic E-state index is -0.759. The molecule has 0 fully saturated rings. The highest BCUT2D eigenvalue weighted by molar-refractivity contribution is 5.54. The van der Waals surface area contributed by atoms with E-state index >= 15 is 0 Å². The lowest BCUT2D eigenvalue weighted by Gasteiger charge is -2.10. The highest BCUT2D eigenvalue weighted by Gasteiger charge is 2.06. The Kier molecular flexibility index (Phi) is 5.47. The van der Waals surface area contributed by atoms with Gasteiger partial charge in [0.2, 0.25) is 0 Å². The molecule has 0 aromatic heterocycles. The second-order valence-electron chi connectivity index (χ2n) is 3.66. The zero-order chi connectivity index (χ0) is 14.3. The molecule has 0 heterocycles. The number of hydrogen-bond acceptors (Lipinski definition) is 4. The molecule has 100 valence electrons. The number of rotatable bonds is 6. The van der Waals surface area contributed by atoms with Crippen LogP contribution in [0.2, 0.25) is 0 Å². The number of hydrazone groups is 1. The van der Waals surface area contributed by atoms with Crippen LogP contribution in [0.3, 0.4) is 0 Å². The maximum Gasteiger partial charge on any atom is 0.255 e. The molecule has 0 aliphatic heterocycles. The van der Waals surface area contributed by atoms with Crippen LogP contribution in [-0.2, 0) is 0 Å². The van der Waals surface area contributed by atoms with Crippen molar-refractivity contribution in [1.82, 2.24) is 0 Å². The van der Waals surface area contributed by atoms with E-state index in [1.807, 2.05) is 6.92 Å². The molecule has 1 N–H and O–H groups in total. The SMILES string of the molecule is C=NNc1ccc(OC(/C=C\C)=C(\F)N=C)cc1C. The lowest BCUT2D eigenvalue weighted by Crippen LogP contribution is -1.96. The fourth-order valence-corrected chi connectivity index (χ4v) is 1.41. The Morgan fingerprint density at radius 2 is 2.16 bits per heavy atom. The molecule has 0 saturated heterocycles. The van der Waals surface area contributed by atoms with E-state index in [2.05, 4.69) is 29.0 Å². The van der Waals surface area contributed by atoms with Gasteiger partial charge in [-0.15, -0.1) is 0 Å². The molecule has 4 nitrogen and oxygen atoms in total. The molecule has 19 heavy (non-hydrogen) atoms. The van der Waals surface area contributed by atoms with Crippen molar-refractivity contribution in [3.05, 3.63) is 47.6 Å². The normalized spacial score (nSPS) is 11.9. The fourth-order valence-electron chi connectivity index (χ4n) is 1.41. The Morgan fingerprint density at radius 3 is 2.68 bits per heavy atom. The highest BCUT2D eigenvalue weighted by Crippen LogP contribution is 2.24. The third kappa shape index (κ3) is 4.06. The monoisotopic (exact) mass is 261 g/mol. The molecule has 0 aliphatic rings. The lowest BCUT2D eigenvalue weighted by atomic mass is 10.2. The van der Waals surface area contributed by atoms with Crippen LogP contribution in [0.4, 0.5) is 10.1 Å². The van der Waals surface area contributed by atoms with Crippen molar-refractivity contribution in [2.24, 2.45) is 10.1 Å². The second kappa shape index (κ2) is 7.10. The van der Waals surface area contributed by atoms with E-state index in [1.54, 1.807) is 31.2 Å². The summed E-state index contributed by atoms with van der Waals surface area (Å²) in [7, 11) is 0. The number of hydrogen-bond donors (Lipinski definition) is 1. The maximum absolute atomic E-state index is 13.4. The van der Waals surface area contributed by atoms with E-state index in [0.29, 0.717) is 5.75 Å². The van der Waals surface area contributed by atoms with Crippen molar-refractivity contribution < 1.29 is 9.13 Å². The highest BCUT2D eigenvalue weighted by atomic mass is 19.1. The van der Waals surface area contributed by atoms with Gasteiger partial charge >= 0.3 is 0 Å². The average molecular weight is 261 g/mol. The van der Waals surface area contributed by atoms with Gasteiger partial charge in [-0.3, -0.25) is 5.43 Å². The van der Waals surface area contributed by atoms with E-state index in [1.165, 1.54) is 6.08 Å². The molecule has 0 aliphatic carbocycles. The number of ether oxygens (including phenoxy) is 1. The largest absolute Gasteiger partial charge is 0.453 e. The van der Waals surface area contributed by atoms with Crippen LogP contribution >= 0.6 is 0 Å². The van der Waals surface area contributed by atoms with Gasteiger partial charge in [0.05, 0.1) is 5.69 Å². The fraction of sp³-hybridized carbons (Fsp3) is 0.143. The van der Waals surface area contributed by atoms with Crippen LogP contribution in [0.1, 0.15) is 12.5 Å². The van der Waals surface area contributed by atoms with Gasteiger partial charge < -0.3 is 4.74 Å². The molecule has 0 radical (unpaired) electrons. The summed E-state index contributed by atoms with van der Waals surface area (Å²) in [6.45, 7) is 10.1. The first-order valence-corrected chi connectivity index (χ1v) is 5.61. The lowest BCUT2D eigenvalue weighted by molar-refractivity contribution is 0.412. The van der Waals surface area contributed by atoms with Crippen LogP contribution in [0.15, 0.2) is 52.2 Å². The van der Waals surface area contributed by atoms with Crippen LogP contribution in [0.5, 0.6) is 5.75 Å². The van der Waals surface area contributed by atoms with E-state index in [-0.39, 0.29) is 5.76 Å². The van der Waals surface area contributed by atoms with E-state index < -0.39 is 5.95 Å². The third-order valence-electron chi connectivity index (χ3n) is 2.29. The standard InChI is InChI=1S/C14H16FN3O/c1-5-6-13(14(15)16-3)19-11-7-8-12(18-17-4)10(2)9-11/h5-9,18H,3-4H2,1-2H3/b6-5-,14-13+. The summed E-state index contributed by atoms with van der Waals surface area (Å²) in [6, 6.07) is 5.22. The minimum Gasteiger partial charge on any atom is -0.453 e. The quantitative estimate of drug-likeness (QED) is 0.278. The average Bonchev–Trinajstić information content (AvgIpc) is 2.40. The van der Waals surface area contributed by atoms with Crippen molar-refractivity contribution in [1.29, 1.82) is 0 Å². The Labute approximate surface area is 112 Å². The summed E-state index contributed by atoms with van der Waals surface area (Å²) in [5, 5.41) is 3.58. The summed E-state index contributed by atoms with van der Waals surface area (Å²) >= 11 is 0. The second-order valence-corrected chi connectivity index (χ2v) is 3.66. The number of benzene rings is 1. The summed E-state index contributed by atoms with van der Waals surface area (Å²) in [5.41, 5.74) is 4.45. The number of halogens is 1. The molecule has 0 spiro atoms. The Bertz CT molecular complexity index is 535. The van der Waals surface area contributed by atoms with E-state index in [0.717, 1.165) is 11.3 Å².